The summed E-state index contributed by atoms with van der Waals surface area (Å²) in [6.07, 6.45) is 11.1. The van der Waals surface area contributed by atoms with Crippen molar-refractivity contribution in [3.63, 3.8) is 0 Å². The fourth-order valence-corrected chi connectivity index (χ4v) is 4.92. The molecule has 2 fully saturated rings. The average molecular weight is 387 g/mol. The van der Waals surface area contributed by atoms with E-state index in [1.165, 1.54) is 51.4 Å². The molecule has 4 rings (SSSR count). The highest BCUT2D eigenvalue weighted by molar-refractivity contribution is 4.98. The number of hydrogen-bond donors (Lipinski definition) is 0. The molecule has 154 valence electrons. The van der Waals surface area contributed by atoms with E-state index in [4.69, 9.17) is 9.51 Å². The molecule has 28 heavy (non-hydrogen) atoms. The molecule has 0 radical (unpaired) electrons. The van der Waals surface area contributed by atoms with Crippen LogP contribution in [0.4, 0.5) is 0 Å². The summed E-state index contributed by atoms with van der Waals surface area (Å²) in [6, 6.07) is 0. The Labute approximate surface area is 167 Å². The number of aromatic nitrogens is 5. The summed E-state index contributed by atoms with van der Waals surface area (Å²) in [7, 11) is 0. The third-order valence-electron chi connectivity index (χ3n) is 6.46. The Morgan fingerprint density at radius 2 is 1.86 bits per heavy atom. The molecule has 7 heteroatoms. The van der Waals surface area contributed by atoms with E-state index in [1.807, 2.05) is 6.92 Å². The fourth-order valence-electron chi connectivity index (χ4n) is 4.92. The zero-order valence-electron chi connectivity index (χ0n) is 17.4. The minimum Gasteiger partial charge on any atom is -0.339 e. The quantitative estimate of drug-likeness (QED) is 0.702. The van der Waals surface area contributed by atoms with Crippen LogP contribution in [0.2, 0.25) is 0 Å². The molecule has 1 saturated heterocycles. The Morgan fingerprint density at radius 3 is 2.64 bits per heavy atom. The van der Waals surface area contributed by atoms with Gasteiger partial charge in [0.05, 0.1) is 6.54 Å². The van der Waals surface area contributed by atoms with Gasteiger partial charge in [0.15, 0.2) is 5.82 Å². The van der Waals surface area contributed by atoms with Crippen molar-refractivity contribution < 1.29 is 4.52 Å². The zero-order chi connectivity index (χ0) is 19.3. The van der Waals surface area contributed by atoms with Crippen LogP contribution in [0.15, 0.2) is 4.52 Å². The summed E-state index contributed by atoms with van der Waals surface area (Å²) in [5, 5.41) is 13.0. The Kier molecular flexibility index (Phi) is 6.40. The minimum atomic E-state index is 0.506. The summed E-state index contributed by atoms with van der Waals surface area (Å²) in [6.45, 7) is 8.18. The number of aryl methyl sites for hydroxylation is 1. The molecule has 1 unspecified atom stereocenters. The molecule has 7 nitrogen and oxygen atoms in total. The first-order valence-corrected chi connectivity index (χ1v) is 11.2. The van der Waals surface area contributed by atoms with E-state index in [0.29, 0.717) is 11.8 Å². The summed E-state index contributed by atoms with van der Waals surface area (Å²) in [5.74, 6) is 4.95. The molecule has 3 heterocycles. The van der Waals surface area contributed by atoms with Crippen molar-refractivity contribution in [2.24, 2.45) is 5.92 Å². The molecule has 0 bridgehead atoms. The number of piperidine rings is 1. The van der Waals surface area contributed by atoms with Crippen LogP contribution in [0.5, 0.6) is 0 Å². The Bertz CT molecular complexity index is 746. The van der Waals surface area contributed by atoms with Gasteiger partial charge in [-0.2, -0.15) is 4.98 Å². The molecule has 1 saturated carbocycles. The molecule has 0 aromatic carbocycles. The van der Waals surface area contributed by atoms with Gasteiger partial charge < -0.3 is 9.09 Å². The van der Waals surface area contributed by atoms with Crippen molar-refractivity contribution in [1.82, 2.24) is 29.8 Å². The lowest BCUT2D eigenvalue weighted by molar-refractivity contribution is 0.155. The third-order valence-corrected chi connectivity index (χ3v) is 6.46. The highest BCUT2D eigenvalue weighted by Crippen LogP contribution is 2.30. The lowest BCUT2D eigenvalue weighted by atomic mass is 9.94. The summed E-state index contributed by atoms with van der Waals surface area (Å²) >= 11 is 0. The van der Waals surface area contributed by atoms with Gasteiger partial charge in [0.1, 0.15) is 11.6 Å². The lowest BCUT2D eigenvalue weighted by Crippen LogP contribution is -2.36. The predicted molar refractivity (Wildman–Crippen MR) is 107 cm³/mol. The van der Waals surface area contributed by atoms with Crippen molar-refractivity contribution >= 4 is 0 Å². The topological polar surface area (TPSA) is 72.9 Å². The van der Waals surface area contributed by atoms with Gasteiger partial charge in [0.2, 0.25) is 5.89 Å². The van der Waals surface area contributed by atoms with Crippen LogP contribution in [0.1, 0.15) is 87.6 Å². The Morgan fingerprint density at radius 1 is 1.04 bits per heavy atom. The number of hydrogen-bond acceptors (Lipinski definition) is 6. The molecule has 2 aliphatic rings. The van der Waals surface area contributed by atoms with Crippen molar-refractivity contribution in [2.45, 2.75) is 90.6 Å². The molecule has 2 aromatic rings. The van der Waals surface area contributed by atoms with E-state index >= 15 is 0 Å². The van der Waals surface area contributed by atoms with Gasteiger partial charge in [0, 0.05) is 25.4 Å². The van der Waals surface area contributed by atoms with Crippen molar-refractivity contribution in [1.29, 1.82) is 0 Å². The van der Waals surface area contributed by atoms with Crippen molar-refractivity contribution in [3.05, 3.63) is 23.4 Å². The summed E-state index contributed by atoms with van der Waals surface area (Å²) in [5.41, 5.74) is 0. The van der Waals surface area contributed by atoms with E-state index < -0.39 is 0 Å². The minimum absolute atomic E-state index is 0.506. The smallest absolute Gasteiger partial charge is 0.226 e. The zero-order valence-corrected chi connectivity index (χ0v) is 17.4. The van der Waals surface area contributed by atoms with Crippen molar-refractivity contribution in [2.75, 3.05) is 13.1 Å². The molecular weight excluding hydrogens is 352 g/mol. The normalized spacial score (nSPS) is 22.4. The third kappa shape index (κ3) is 4.62. The van der Waals surface area contributed by atoms with Crippen LogP contribution in [-0.4, -0.2) is 42.9 Å². The second-order valence-corrected chi connectivity index (χ2v) is 8.59. The van der Waals surface area contributed by atoms with Crippen LogP contribution in [0.25, 0.3) is 0 Å². The second-order valence-electron chi connectivity index (χ2n) is 8.59. The molecule has 0 amide bonds. The predicted octanol–water partition coefficient (Wildman–Crippen LogP) is 3.88. The summed E-state index contributed by atoms with van der Waals surface area (Å²) in [4.78, 5) is 7.29. The molecule has 2 aromatic heterocycles. The van der Waals surface area contributed by atoms with E-state index in [0.717, 1.165) is 56.0 Å². The van der Waals surface area contributed by atoms with E-state index in [2.05, 4.69) is 31.7 Å². The SMILES string of the molecule is CCn1c(C)nnc1CN1CCCC(Cc2nc(C3CCCCCC3)no2)C1. The van der Waals surface area contributed by atoms with Crippen LogP contribution < -0.4 is 0 Å². The fraction of sp³-hybridized carbons (Fsp3) is 0.810. The molecule has 1 aliphatic heterocycles. The maximum atomic E-state index is 5.65. The van der Waals surface area contributed by atoms with Gasteiger partial charge >= 0.3 is 0 Å². The van der Waals surface area contributed by atoms with Gasteiger partial charge in [-0.3, -0.25) is 4.90 Å². The molecular formula is C21H34N6O. The number of likely N-dealkylation sites (tertiary alicyclic amines) is 1. The van der Waals surface area contributed by atoms with Crippen LogP contribution >= 0.6 is 0 Å². The first-order valence-electron chi connectivity index (χ1n) is 11.2. The van der Waals surface area contributed by atoms with E-state index in [9.17, 15) is 0 Å². The van der Waals surface area contributed by atoms with Crippen LogP contribution in [0.3, 0.4) is 0 Å². The van der Waals surface area contributed by atoms with E-state index in [-0.39, 0.29) is 0 Å². The molecule has 1 atom stereocenters. The second kappa shape index (κ2) is 9.16. The van der Waals surface area contributed by atoms with Crippen LogP contribution in [0, 0.1) is 12.8 Å². The van der Waals surface area contributed by atoms with Gasteiger partial charge in [0.25, 0.3) is 0 Å². The van der Waals surface area contributed by atoms with Gasteiger partial charge in [-0.25, -0.2) is 0 Å². The first kappa shape index (κ1) is 19.6. The van der Waals surface area contributed by atoms with Gasteiger partial charge in [-0.1, -0.05) is 30.8 Å². The number of rotatable bonds is 6. The largest absolute Gasteiger partial charge is 0.339 e. The number of nitrogens with zero attached hydrogens (tertiary/aromatic N) is 6. The maximum absolute atomic E-state index is 5.65. The summed E-state index contributed by atoms with van der Waals surface area (Å²) < 4.78 is 7.86. The van der Waals surface area contributed by atoms with Gasteiger partial charge in [-0.15, -0.1) is 10.2 Å². The lowest BCUT2D eigenvalue weighted by Gasteiger charge is -2.31. The monoisotopic (exact) mass is 386 g/mol. The highest BCUT2D eigenvalue weighted by Gasteiger charge is 2.25. The van der Waals surface area contributed by atoms with Gasteiger partial charge in [-0.05, 0) is 52.0 Å². The first-order chi connectivity index (χ1) is 13.7. The maximum Gasteiger partial charge on any atom is 0.226 e. The molecule has 0 N–H and O–H groups in total. The average Bonchev–Trinajstić information content (AvgIpc) is 3.18. The van der Waals surface area contributed by atoms with Crippen LogP contribution in [-0.2, 0) is 19.5 Å². The molecule has 0 spiro atoms. The Balaban J connectivity index is 1.33. The van der Waals surface area contributed by atoms with Crippen molar-refractivity contribution in [3.8, 4) is 0 Å². The highest BCUT2D eigenvalue weighted by atomic mass is 16.5. The Hall–Kier alpha value is -1.76. The van der Waals surface area contributed by atoms with E-state index in [1.54, 1.807) is 0 Å². The standard InChI is InChI=1S/C21H34N6O/c1-3-27-16(2)23-24-19(27)15-26-12-8-9-17(14-26)13-20-22-21(25-28-20)18-10-6-4-5-7-11-18/h17-18H,3-15H2,1-2H3. The molecule has 1 aliphatic carbocycles.